The third-order valence-electron chi connectivity index (χ3n) is 3.66. The highest BCUT2D eigenvalue weighted by Gasteiger charge is 2.39. The molecule has 5 nitrogen and oxygen atoms in total. The summed E-state index contributed by atoms with van der Waals surface area (Å²) in [5.74, 6) is -0.317. The fourth-order valence-corrected chi connectivity index (χ4v) is 2.49. The van der Waals surface area contributed by atoms with Gasteiger partial charge in [0.2, 0.25) is 5.91 Å². The summed E-state index contributed by atoms with van der Waals surface area (Å²) in [5.41, 5.74) is 1.10. The van der Waals surface area contributed by atoms with Crippen LogP contribution in [0.15, 0.2) is 48.5 Å². The Kier molecular flexibility index (Phi) is 3.97. The first-order valence-electron chi connectivity index (χ1n) is 7.11. The van der Waals surface area contributed by atoms with Crippen LogP contribution in [0.3, 0.4) is 0 Å². The van der Waals surface area contributed by atoms with Gasteiger partial charge in [-0.3, -0.25) is 9.59 Å². The van der Waals surface area contributed by atoms with Crippen LogP contribution in [-0.4, -0.2) is 25.0 Å². The van der Waals surface area contributed by atoms with E-state index < -0.39 is 6.04 Å². The minimum atomic E-state index is -0.657. The van der Waals surface area contributed by atoms with Crippen molar-refractivity contribution in [1.82, 2.24) is 0 Å². The average Bonchev–Trinajstić information content (AvgIpc) is 2.84. The lowest BCUT2D eigenvalue weighted by atomic mass is 10.2. The molecule has 1 aliphatic rings. The van der Waals surface area contributed by atoms with Gasteiger partial charge in [-0.2, -0.15) is 0 Å². The van der Waals surface area contributed by atoms with Gasteiger partial charge in [0.1, 0.15) is 17.6 Å². The Labute approximate surface area is 132 Å². The van der Waals surface area contributed by atoms with Gasteiger partial charge in [-0.15, -0.1) is 0 Å². The fourth-order valence-electron chi connectivity index (χ4n) is 2.49. The van der Waals surface area contributed by atoms with Crippen LogP contribution in [0.25, 0.3) is 0 Å². The molecule has 3 rings (SSSR count). The Bertz CT molecular complexity index is 729. The molecule has 0 spiro atoms. The molecule has 1 heterocycles. The second-order valence-corrected chi connectivity index (χ2v) is 5.17. The van der Waals surface area contributed by atoms with Crippen molar-refractivity contribution in [2.45, 2.75) is 12.5 Å². The van der Waals surface area contributed by atoms with Crippen molar-refractivity contribution in [3.8, 4) is 5.75 Å². The molecule has 0 saturated carbocycles. The summed E-state index contributed by atoms with van der Waals surface area (Å²) in [5, 5.41) is 2.97. The number of nitrogens with zero attached hydrogens (tertiary/aromatic N) is 1. The van der Waals surface area contributed by atoms with E-state index in [2.05, 4.69) is 5.32 Å². The van der Waals surface area contributed by atoms with Gasteiger partial charge in [0.15, 0.2) is 0 Å². The number of anilines is 2. The molecule has 0 aromatic heterocycles. The van der Waals surface area contributed by atoms with Gasteiger partial charge in [-0.1, -0.05) is 0 Å². The summed E-state index contributed by atoms with van der Waals surface area (Å²) in [7, 11) is 1.55. The summed E-state index contributed by atoms with van der Waals surface area (Å²) < 4.78 is 18.0. The van der Waals surface area contributed by atoms with E-state index in [-0.39, 0.29) is 24.1 Å². The number of nitrogens with one attached hydrogen (secondary N) is 1. The number of carbonyl (C=O) groups excluding carboxylic acids is 2. The van der Waals surface area contributed by atoms with Crippen molar-refractivity contribution >= 4 is 23.2 Å². The molecule has 0 bridgehead atoms. The predicted molar refractivity (Wildman–Crippen MR) is 83.9 cm³/mol. The van der Waals surface area contributed by atoms with E-state index >= 15 is 0 Å². The lowest BCUT2D eigenvalue weighted by Gasteiger charge is -2.16. The number of ether oxygens (including phenoxy) is 1. The topological polar surface area (TPSA) is 58.6 Å². The monoisotopic (exact) mass is 314 g/mol. The third-order valence-corrected chi connectivity index (χ3v) is 3.66. The summed E-state index contributed by atoms with van der Waals surface area (Å²) in [6.07, 6.45) is 0.0578. The molecule has 1 saturated heterocycles. The highest BCUT2D eigenvalue weighted by atomic mass is 19.1. The van der Waals surface area contributed by atoms with Crippen molar-refractivity contribution in [2.75, 3.05) is 17.3 Å². The molecule has 118 valence electrons. The van der Waals surface area contributed by atoms with Crippen LogP contribution < -0.4 is 15.0 Å². The van der Waals surface area contributed by atoms with E-state index in [1.807, 2.05) is 0 Å². The number of rotatable bonds is 4. The quantitative estimate of drug-likeness (QED) is 0.881. The lowest BCUT2D eigenvalue weighted by Crippen LogP contribution is -2.34. The van der Waals surface area contributed by atoms with Gasteiger partial charge >= 0.3 is 0 Å². The van der Waals surface area contributed by atoms with E-state index in [1.54, 1.807) is 31.4 Å². The minimum absolute atomic E-state index is 0.0578. The first-order chi connectivity index (χ1) is 11.1. The Morgan fingerprint density at radius 3 is 2.35 bits per heavy atom. The van der Waals surface area contributed by atoms with Crippen molar-refractivity contribution in [3.63, 3.8) is 0 Å². The first-order valence-corrected chi connectivity index (χ1v) is 7.11. The Morgan fingerprint density at radius 1 is 1.09 bits per heavy atom. The Morgan fingerprint density at radius 2 is 1.74 bits per heavy atom. The zero-order valence-corrected chi connectivity index (χ0v) is 12.5. The highest BCUT2D eigenvalue weighted by molar-refractivity contribution is 6.23. The van der Waals surface area contributed by atoms with Gasteiger partial charge < -0.3 is 10.1 Å². The molecule has 23 heavy (non-hydrogen) atoms. The van der Waals surface area contributed by atoms with Crippen LogP contribution in [-0.2, 0) is 9.59 Å². The maximum Gasteiger partial charge on any atom is 0.256 e. The highest BCUT2D eigenvalue weighted by Crippen LogP contribution is 2.26. The molecule has 2 amide bonds. The molecule has 1 atom stereocenters. The van der Waals surface area contributed by atoms with Gasteiger partial charge in [-0.25, -0.2) is 9.29 Å². The van der Waals surface area contributed by atoms with Crippen LogP contribution in [0.1, 0.15) is 6.42 Å². The van der Waals surface area contributed by atoms with Crippen molar-refractivity contribution < 1.29 is 18.7 Å². The molecule has 1 unspecified atom stereocenters. The number of benzene rings is 2. The zero-order valence-electron chi connectivity index (χ0n) is 12.5. The number of amides is 2. The largest absolute Gasteiger partial charge is 0.497 e. The third kappa shape index (κ3) is 3.01. The molecule has 6 heteroatoms. The number of methoxy groups -OCH3 is 1. The van der Waals surface area contributed by atoms with Crippen LogP contribution in [0.2, 0.25) is 0 Å². The van der Waals surface area contributed by atoms with E-state index in [1.165, 1.54) is 24.3 Å². The molecule has 0 aliphatic carbocycles. The van der Waals surface area contributed by atoms with Crippen LogP contribution in [0, 0.1) is 5.82 Å². The zero-order chi connectivity index (χ0) is 16.4. The molecular weight excluding hydrogens is 299 g/mol. The predicted octanol–water partition coefficient (Wildman–Crippen LogP) is 2.58. The molecular formula is C17H15FN2O3. The molecule has 1 fully saturated rings. The Balaban J connectivity index is 1.77. The van der Waals surface area contributed by atoms with Crippen LogP contribution in [0.5, 0.6) is 5.75 Å². The molecule has 1 aliphatic heterocycles. The summed E-state index contributed by atoms with van der Waals surface area (Å²) in [4.78, 5) is 25.8. The van der Waals surface area contributed by atoms with Crippen molar-refractivity contribution in [1.29, 1.82) is 0 Å². The second-order valence-electron chi connectivity index (χ2n) is 5.17. The van der Waals surface area contributed by atoms with Crippen LogP contribution in [0.4, 0.5) is 15.8 Å². The van der Waals surface area contributed by atoms with Crippen LogP contribution >= 0.6 is 0 Å². The summed E-state index contributed by atoms with van der Waals surface area (Å²) in [6, 6.07) is 11.7. The minimum Gasteiger partial charge on any atom is -0.497 e. The smallest absolute Gasteiger partial charge is 0.256 e. The molecule has 0 radical (unpaired) electrons. The van der Waals surface area contributed by atoms with Crippen molar-refractivity contribution in [2.24, 2.45) is 0 Å². The maximum absolute atomic E-state index is 12.9. The number of halogens is 1. The van der Waals surface area contributed by atoms with E-state index in [0.717, 1.165) is 4.90 Å². The Hall–Kier alpha value is -2.89. The number of carbonyl (C=O) groups is 2. The first kappa shape index (κ1) is 15.0. The number of imide groups is 1. The normalized spacial score (nSPS) is 17.5. The maximum atomic E-state index is 12.9. The van der Waals surface area contributed by atoms with Crippen molar-refractivity contribution in [3.05, 3.63) is 54.3 Å². The second kappa shape index (κ2) is 6.08. The van der Waals surface area contributed by atoms with Gasteiger partial charge in [-0.05, 0) is 48.5 Å². The van der Waals surface area contributed by atoms with Gasteiger partial charge in [0.25, 0.3) is 5.91 Å². The van der Waals surface area contributed by atoms with Gasteiger partial charge in [0.05, 0.1) is 19.2 Å². The number of hydrogen-bond donors (Lipinski definition) is 1. The van der Waals surface area contributed by atoms with E-state index in [9.17, 15) is 14.0 Å². The molecule has 1 N–H and O–H groups in total. The van der Waals surface area contributed by atoms with Gasteiger partial charge in [0, 0.05) is 5.69 Å². The van der Waals surface area contributed by atoms with E-state index in [4.69, 9.17) is 4.74 Å². The summed E-state index contributed by atoms with van der Waals surface area (Å²) in [6.45, 7) is 0. The molecule has 2 aromatic rings. The summed E-state index contributed by atoms with van der Waals surface area (Å²) >= 11 is 0. The van der Waals surface area contributed by atoms with E-state index in [0.29, 0.717) is 17.1 Å². The fraction of sp³-hybridized carbons (Fsp3) is 0.176. The lowest BCUT2D eigenvalue weighted by molar-refractivity contribution is -0.121. The number of hydrogen-bond acceptors (Lipinski definition) is 4. The standard InChI is InChI=1S/C17H15FN2O3/c1-23-14-8-6-13(7-9-14)20-16(21)10-15(17(20)22)19-12-4-2-11(18)3-5-12/h2-9,15,19H,10H2,1H3. The average molecular weight is 314 g/mol. The SMILES string of the molecule is COc1ccc(N2C(=O)CC(Nc3ccc(F)cc3)C2=O)cc1. The molecule has 2 aromatic carbocycles.